The monoisotopic (exact) mass is 370 g/mol. The fourth-order valence-electron chi connectivity index (χ4n) is 3.29. The second kappa shape index (κ2) is 8.34. The van der Waals surface area contributed by atoms with Crippen molar-refractivity contribution in [3.05, 3.63) is 59.7 Å². The quantitative estimate of drug-likeness (QED) is 0.674. The average molecular weight is 371 g/mol. The van der Waals surface area contributed by atoms with Crippen LogP contribution >= 0.6 is 12.4 Å². The number of nitrogens with one attached hydrogen (secondary N) is 1. The molecule has 0 radical (unpaired) electrons. The molecular weight excluding hydrogens is 348 g/mol. The predicted octanol–water partition coefficient (Wildman–Crippen LogP) is 3.41. The first-order valence-corrected chi connectivity index (χ1v) is 8.78. The van der Waals surface area contributed by atoms with Crippen LogP contribution in [0.25, 0.3) is 10.9 Å². The van der Waals surface area contributed by atoms with Crippen molar-refractivity contribution in [1.82, 2.24) is 9.97 Å². The van der Waals surface area contributed by atoms with Crippen LogP contribution in [-0.4, -0.2) is 34.8 Å². The van der Waals surface area contributed by atoms with Crippen LogP contribution in [-0.2, 0) is 13.0 Å². The Morgan fingerprint density at radius 2 is 1.77 bits per heavy atom. The van der Waals surface area contributed by atoms with E-state index < -0.39 is 0 Å². The molecule has 0 unspecified atom stereocenters. The van der Waals surface area contributed by atoms with Gasteiger partial charge >= 0.3 is 0 Å². The molecule has 0 saturated heterocycles. The van der Waals surface area contributed by atoms with Gasteiger partial charge < -0.3 is 15.3 Å². The topological polar surface area (TPSA) is 61.3 Å². The second-order valence-electron chi connectivity index (χ2n) is 6.33. The number of hydrogen-bond acceptors (Lipinski definition) is 5. The average Bonchev–Trinajstić information content (AvgIpc) is 2.67. The molecule has 5 nitrogen and oxygen atoms in total. The van der Waals surface area contributed by atoms with Crippen molar-refractivity contribution in [3.8, 4) is 0 Å². The molecular formula is C20H23ClN4O. The lowest BCUT2D eigenvalue weighted by molar-refractivity contribution is 0.292. The number of rotatable bonds is 5. The van der Waals surface area contributed by atoms with Crippen LogP contribution in [0.5, 0.6) is 0 Å². The van der Waals surface area contributed by atoms with Gasteiger partial charge in [-0.05, 0) is 36.1 Å². The number of aliphatic hydroxyl groups excluding tert-OH is 1. The molecule has 0 aliphatic carbocycles. The Bertz CT molecular complexity index is 887. The summed E-state index contributed by atoms with van der Waals surface area (Å²) in [5.74, 6) is 1.60. The first-order chi connectivity index (χ1) is 12.3. The molecule has 6 heteroatoms. The fraction of sp³-hybridized carbons (Fsp3) is 0.300. The minimum absolute atomic E-state index is 0. The summed E-state index contributed by atoms with van der Waals surface area (Å²) in [6.45, 7) is 2.63. The van der Waals surface area contributed by atoms with Crippen LogP contribution in [0.2, 0.25) is 0 Å². The van der Waals surface area contributed by atoms with E-state index in [0.717, 1.165) is 42.2 Å². The van der Waals surface area contributed by atoms with Crippen molar-refractivity contribution in [2.75, 3.05) is 29.9 Å². The normalized spacial score (nSPS) is 13.2. The number of para-hydroxylation sites is 1. The van der Waals surface area contributed by atoms with E-state index in [1.54, 1.807) is 0 Å². The number of halogens is 1. The van der Waals surface area contributed by atoms with Gasteiger partial charge in [0.25, 0.3) is 0 Å². The lowest BCUT2D eigenvalue weighted by atomic mass is 10.0. The van der Waals surface area contributed by atoms with E-state index in [0.29, 0.717) is 13.0 Å². The number of fused-ring (bicyclic) bond motifs is 2. The molecule has 26 heavy (non-hydrogen) atoms. The first-order valence-electron chi connectivity index (χ1n) is 8.78. The summed E-state index contributed by atoms with van der Waals surface area (Å²) in [6.07, 6.45) is 1.71. The van der Waals surface area contributed by atoms with E-state index in [1.165, 1.54) is 11.1 Å². The third-order valence-electron chi connectivity index (χ3n) is 4.63. The van der Waals surface area contributed by atoms with E-state index in [2.05, 4.69) is 34.5 Å². The highest BCUT2D eigenvalue weighted by atomic mass is 35.5. The lowest BCUT2D eigenvalue weighted by Gasteiger charge is -2.29. The number of nitrogens with zero attached hydrogens (tertiary/aromatic N) is 3. The predicted molar refractivity (Wildman–Crippen MR) is 108 cm³/mol. The van der Waals surface area contributed by atoms with E-state index in [1.807, 2.05) is 24.3 Å². The largest absolute Gasteiger partial charge is 0.396 e. The molecule has 3 aromatic rings. The summed E-state index contributed by atoms with van der Waals surface area (Å²) >= 11 is 0. The molecule has 2 heterocycles. The SMILES string of the molecule is Cl.OCCCNc1nc(N2CCc3ccccc3C2)nc2ccccc12. The van der Waals surface area contributed by atoms with Crippen molar-refractivity contribution in [1.29, 1.82) is 0 Å². The Kier molecular flexibility index (Phi) is 5.91. The molecule has 0 bridgehead atoms. The zero-order valence-electron chi connectivity index (χ0n) is 14.6. The van der Waals surface area contributed by atoms with Gasteiger partial charge in [-0.2, -0.15) is 4.98 Å². The van der Waals surface area contributed by atoms with Gasteiger partial charge in [-0.1, -0.05) is 36.4 Å². The Hall–Kier alpha value is -2.37. The highest BCUT2D eigenvalue weighted by molar-refractivity contribution is 5.90. The Labute approximate surface area is 159 Å². The van der Waals surface area contributed by atoms with Crippen molar-refractivity contribution >= 4 is 35.1 Å². The van der Waals surface area contributed by atoms with Crippen molar-refractivity contribution < 1.29 is 5.11 Å². The maximum absolute atomic E-state index is 9.03. The minimum Gasteiger partial charge on any atom is -0.396 e. The molecule has 4 rings (SSSR count). The van der Waals surface area contributed by atoms with Gasteiger partial charge in [0.2, 0.25) is 5.95 Å². The molecule has 1 aliphatic heterocycles. The maximum Gasteiger partial charge on any atom is 0.228 e. The number of aliphatic hydroxyl groups is 1. The molecule has 0 fully saturated rings. The summed E-state index contributed by atoms with van der Waals surface area (Å²) in [6, 6.07) is 16.6. The van der Waals surface area contributed by atoms with Crippen LogP contribution in [0.3, 0.4) is 0 Å². The van der Waals surface area contributed by atoms with Crippen LogP contribution in [0, 0.1) is 0 Å². The highest BCUT2D eigenvalue weighted by Crippen LogP contribution is 2.27. The number of anilines is 2. The number of benzene rings is 2. The molecule has 0 spiro atoms. The van der Waals surface area contributed by atoms with E-state index in [4.69, 9.17) is 15.1 Å². The number of hydrogen-bond donors (Lipinski definition) is 2. The Morgan fingerprint density at radius 3 is 2.62 bits per heavy atom. The first kappa shape index (κ1) is 18.4. The molecule has 136 valence electrons. The second-order valence-corrected chi connectivity index (χ2v) is 6.33. The van der Waals surface area contributed by atoms with Crippen molar-refractivity contribution in [3.63, 3.8) is 0 Å². The van der Waals surface area contributed by atoms with Gasteiger partial charge in [-0.25, -0.2) is 4.98 Å². The summed E-state index contributed by atoms with van der Waals surface area (Å²) in [5, 5.41) is 13.4. The summed E-state index contributed by atoms with van der Waals surface area (Å²) in [5.41, 5.74) is 3.71. The van der Waals surface area contributed by atoms with Gasteiger partial charge in [0.15, 0.2) is 0 Å². The zero-order chi connectivity index (χ0) is 17.1. The van der Waals surface area contributed by atoms with Crippen molar-refractivity contribution in [2.45, 2.75) is 19.4 Å². The molecule has 0 saturated carbocycles. The van der Waals surface area contributed by atoms with Gasteiger partial charge in [0.1, 0.15) is 5.82 Å². The van der Waals surface area contributed by atoms with E-state index in [9.17, 15) is 0 Å². The van der Waals surface area contributed by atoms with E-state index in [-0.39, 0.29) is 19.0 Å². The van der Waals surface area contributed by atoms with E-state index >= 15 is 0 Å². The van der Waals surface area contributed by atoms with Crippen LogP contribution in [0.1, 0.15) is 17.5 Å². The molecule has 1 aliphatic rings. The molecule has 0 amide bonds. The minimum atomic E-state index is 0. The standard InChI is InChI=1S/C20H22N4O.ClH/c25-13-5-11-21-19-17-8-3-4-9-18(17)22-20(23-19)24-12-10-15-6-1-2-7-16(15)14-24;/h1-4,6-9,25H,5,10-14H2,(H,21,22,23);1H. The molecule has 1 aromatic heterocycles. The lowest BCUT2D eigenvalue weighted by Crippen LogP contribution is -2.32. The van der Waals surface area contributed by atoms with Crippen molar-refractivity contribution in [2.24, 2.45) is 0 Å². The summed E-state index contributed by atoms with van der Waals surface area (Å²) in [4.78, 5) is 11.8. The smallest absolute Gasteiger partial charge is 0.228 e. The van der Waals surface area contributed by atoms with Gasteiger partial charge in [-0.3, -0.25) is 0 Å². The molecule has 0 atom stereocenters. The molecule has 2 aromatic carbocycles. The van der Waals surface area contributed by atoms with Crippen LogP contribution in [0.4, 0.5) is 11.8 Å². The molecule has 2 N–H and O–H groups in total. The van der Waals surface area contributed by atoms with Crippen LogP contribution in [0.15, 0.2) is 48.5 Å². The summed E-state index contributed by atoms with van der Waals surface area (Å²) < 4.78 is 0. The summed E-state index contributed by atoms with van der Waals surface area (Å²) in [7, 11) is 0. The Balaban J connectivity index is 0.00000196. The highest BCUT2D eigenvalue weighted by Gasteiger charge is 2.19. The number of aromatic nitrogens is 2. The fourth-order valence-corrected chi connectivity index (χ4v) is 3.29. The van der Waals surface area contributed by atoms with Gasteiger partial charge in [-0.15, -0.1) is 12.4 Å². The van der Waals surface area contributed by atoms with Crippen LogP contribution < -0.4 is 10.2 Å². The third-order valence-corrected chi connectivity index (χ3v) is 4.63. The Morgan fingerprint density at radius 1 is 1.00 bits per heavy atom. The maximum atomic E-state index is 9.03. The van der Waals surface area contributed by atoms with Gasteiger partial charge in [0.05, 0.1) is 5.52 Å². The zero-order valence-corrected chi connectivity index (χ0v) is 15.4. The van der Waals surface area contributed by atoms with Gasteiger partial charge in [0, 0.05) is 31.6 Å². The third kappa shape index (κ3) is 3.74.